The number of nitrogens with zero attached hydrogens (tertiary/aromatic N) is 4. The monoisotopic (exact) mass is 530 g/mol. The van der Waals surface area contributed by atoms with Gasteiger partial charge < -0.3 is 20.6 Å². The first-order chi connectivity index (χ1) is 19.5. The van der Waals surface area contributed by atoms with Crippen LogP contribution in [0.3, 0.4) is 0 Å². The Morgan fingerprint density at radius 3 is 2.48 bits per heavy atom. The molecule has 4 N–H and O–H groups in total. The number of carbonyl (C=O) groups is 2. The number of pyridine rings is 2. The molecular formula is C30H22N6O4. The van der Waals surface area contributed by atoms with Gasteiger partial charge in [-0.25, -0.2) is 19.7 Å². The fraction of sp³-hybridized carbons (Fsp3) is 0.0333. The predicted octanol–water partition coefficient (Wildman–Crippen LogP) is 4.95. The highest BCUT2D eigenvalue weighted by Crippen LogP contribution is 2.32. The molecule has 0 spiro atoms. The summed E-state index contributed by atoms with van der Waals surface area (Å²) in [5, 5.41) is 12.1. The van der Waals surface area contributed by atoms with Crippen LogP contribution in [0.4, 0.5) is 5.82 Å². The van der Waals surface area contributed by atoms with Gasteiger partial charge in [-0.1, -0.05) is 30.3 Å². The van der Waals surface area contributed by atoms with Gasteiger partial charge >= 0.3 is 5.97 Å². The molecule has 10 heteroatoms. The molecule has 40 heavy (non-hydrogen) atoms. The van der Waals surface area contributed by atoms with Crippen LogP contribution < -0.4 is 11.1 Å². The van der Waals surface area contributed by atoms with E-state index in [0.29, 0.717) is 51.8 Å². The minimum Gasteiger partial charge on any atom is -0.475 e. The van der Waals surface area contributed by atoms with Crippen molar-refractivity contribution in [2.24, 2.45) is 0 Å². The maximum absolute atomic E-state index is 12.4. The van der Waals surface area contributed by atoms with Crippen LogP contribution in [0.2, 0.25) is 0 Å². The van der Waals surface area contributed by atoms with Gasteiger partial charge in [0.25, 0.3) is 5.91 Å². The second kappa shape index (κ2) is 10.2. The number of aromatic carboxylic acids is 1. The summed E-state index contributed by atoms with van der Waals surface area (Å²) in [5.41, 5.74) is 10.9. The van der Waals surface area contributed by atoms with Crippen molar-refractivity contribution in [3.63, 3.8) is 0 Å². The van der Waals surface area contributed by atoms with Gasteiger partial charge in [-0.15, -0.1) is 0 Å². The molecule has 0 unspecified atom stereocenters. The number of hydrogen-bond acceptors (Lipinski definition) is 7. The van der Waals surface area contributed by atoms with Crippen molar-refractivity contribution in [2.45, 2.75) is 6.54 Å². The largest absolute Gasteiger partial charge is 0.475 e. The number of imidazole rings is 1. The van der Waals surface area contributed by atoms with Gasteiger partial charge in [0.05, 0.1) is 5.56 Å². The Morgan fingerprint density at radius 1 is 0.950 bits per heavy atom. The van der Waals surface area contributed by atoms with Crippen LogP contribution in [-0.4, -0.2) is 36.5 Å². The molecule has 0 aliphatic carbocycles. The summed E-state index contributed by atoms with van der Waals surface area (Å²) in [6, 6.07) is 25.1. The predicted molar refractivity (Wildman–Crippen MR) is 149 cm³/mol. The number of carboxylic acids is 1. The third-order valence-electron chi connectivity index (χ3n) is 6.36. The highest BCUT2D eigenvalue weighted by atomic mass is 16.4. The average Bonchev–Trinajstić information content (AvgIpc) is 3.62. The van der Waals surface area contributed by atoms with E-state index >= 15 is 0 Å². The van der Waals surface area contributed by atoms with E-state index < -0.39 is 5.97 Å². The third-order valence-corrected chi connectivity index (χ3v) is 6.36. The maximum atomic E-state index is 12.4. The molecule has 2 aromatic carbocycles. The minimum absolute atomic E-state index is 0.147. The summed E-state index contributed by atoms with van der Waals surface area (Å²) in [5.74, 6) is -0.235. The number of fused-ring (bicyclic) bond motifs is 1. The maximum Gasteiger partial charge on any atom is 0.371 e. The first-order valence-corrected chi connectivity index (χ1v) is 12.3. The Morgan fingerprint density at radius 2 is 1.75 bits per heavy atom. The number of hydrogen-bond donors (Lipinski definition) is 3. The Kier molecular flexibility index (Phi) is 6.25. The van der Waals surface area contributed by atoms with Crippen molar-refractivity contribution in [1.29, 1.82) is 0 Å². The first kappa shape index (κ1) is 24.6. The number of nitrogens with one attached hydrogen (secondary N) is 1. The van der Waals surface area contributed by atoms with Gasteiger partial charge in [0.1, 0.15) is 17.1 Å². The van der Waals surface area contributed by atoms with Crippen molar-refractivity contribution in [1.82, 2.24) is 24.8 Å². The normalized spacial score (nSPS) is 11.0. The van der Waals surface area contributed by atoms with E-state index in [0.717, 1.165) is 11.3 Å². The van der Waals surface area contributed by atoms with E-state index in [1.165, 1.54) is 6.07 Å². The standard InChI is InChI=1S/C30H22N6O4/c31-26-22(7-4-14-32-26)27-35-23-15-20(24-12-13-25(40-24)30(38)39)17-33-28(23)36(27)21-10-8-18(9-11-21)16-34-29(37)19-5-2-1-3-6-19/h1-15,17H,16H2,(H2,31,32)(H,34,37)(H,38,39). The zero-order valence-electron chi connectivity index (χ0n) is 21.0. The lowest BCUT2D eigenvalue weighted by atomic mass is 10.1. The number of nitrogen functional groups attached to an aromatic ring is 1. The highest BCUT2D eigenvalue weighted by molar-refractivity contribution is 5.94. The highest BCUT2D eigenvalue weighted by Gasteiger charge is 2.19. The summed E-state index contributed by atoms with van der Waals surface area (Å²) < 4.78 is 7.33. The number of carbonyl (C=O) groups excluding carboxylic acids is 1. The van der Waals surface area contributed by atoms with Crippen molar-refractivity contribution in [3.8, 4) is 28.4 Å². The number of aromatic nitrogens is 4. The molecule has 1 amide bonds. The van der Waals surface area contributed by atoms with E-state index in [4.69, 9.17) is 15.1 Å². The van der Waals surface area contributed by atoms with Gasteiger partial charge in [-0.2, -0.15) is 0 Å². The zero-order valence-corrected chi connectivity index (χ0v) is 21.0. The molecule has 0 saturated heterocycles. The minimum atomic E-state index is -1.15. The molecule has 10 nitrogen and oxygen atoms in total. The van der Waals surface area contributed by atoms with Gasteiger partial charge in [-0.3, -0.25) is 9.36 Å². The zero-order chi connectivity index (χ0) is 27.6. The van der Waals surface area contributed by atoms with Gasteiger partial charge in [-0.05, 0) is 60.2 Å². The molecule has 0 radical (unpaired) electrons. The molecule has 0 fully saturated rings. The van der Waals surface area contributed by atoms with Crippen LogP contribution in [0.5, 0.6) is 0 Å². The molecule has 196 valence electrons. The summed E-state index contributed by atoms with van der Waals surface area (Å²) >= 11 is 0. The molecule has 6 aromatic rings. The Hall–Kier alpha value is -5.77. The van der Waals surface area contributed by atoms with E-state index in [1.54, 1.807) is 42.7 Å². The lowest BCUT2D eigenvalue weighted by molar-refractivity contribution is 0.0663. The number of amides is 1. The Labute approximate surface area is 227 Å². The molecule has 4 heterocycles. The van der Waals surface area contributed by atoms with Gasteiger partial charge in [0.2, 0.25) is 5.76 Å². The van der Waals surface area contributed by atoms with Crippen LogP contribution in [0.15, 0.2) is 102 Å². The van der Waals surface area contributed by atoms with E-state index in [9.17, 15) is 14.7 Å². The molecule has 0 aliphatic heterocycles. The third kappa shape index (κ3) is 4.65. The van der Waals surface area contributed by atoms with E-state index in [2.05, 4.69) is 15.3 Å². The van der Waals surface area contributed by atoms with Gasteiger partial charge in [0, 0.05) is 35.8 Å². The average molecular weight is 531 g/mol. The molecule has 0 saturated carbocycles. The van der Waals surface area contributed by atoms with Crippen molar-refractivity contribution in [3.05, 3.63) is 114 Å². The van der Waals surface area contributed by atoms with E-state index in [1.807, 2.05) is 53.1 Å². The van der Waals surface area contributed by atoms with Crippen molar-refractivity contribution in [2.75, 3.05) is 5.73 Å². The number of anilines is 1. The first-order valence-electron chi connectivity index (χ1n) is 12.3. The van der Waals surface area contributed by atoms with Gasteiger partial charge in [0.15, 0.2) is 11.5 Å². The Bertz CT molecular complexity index is 1860. The second-order valence-electron chi connectivity index (χ2n) is 8.96. The second-order valence-corrected chi connectivity index (χ2v) is 8.96. The smallest absolute Gasteiger partial charge is 0.371 e. The molecule has 0 bridgehead atoms. The molecule has 0 atom stereocenters. The van der Waals surface area contributed by atoms with Crippen LogP contribution in [0.25, 0.3) is 39.6 Å². The number of nitrogens with two attached hydrogens (primary N) is 1. The summed E-state index contributed by atoms with van der Waals surface area (Å²) in [7, 11) is 0. The van der Waals surface area contributed by atoms with E-state index in [-0.39, 0.29) is 11.7 Å². The number of carboxylic acid groups (broad SMARTS) is 1. The molecular weight excluding hydrogens is 508 g/mol. The number of rotatable bonds is 7. The fourth-order valence-electron chi connectivity index (χ4n) is 4.38. The lowest BCUT2D eigenvalue weighted by Crippen LogP contribution is -2.22. The van der Waals surface area contributed by atoms with Crippen molar-refractivity contribution < 1.29 is 19.1 Å². The van der Waals surface area contributed by atoms with Crippen LogP contribution in [0.1, 0.15) is 26.5 Å². The topological polar surface area (TPSA) is 149 Å². The summed E-state index contributed by atoms with van der Waals surface area (Å²) in [6.45, 7) is 0.365. The molecule has 0 aliphatic rings. The SMILES string of the molecule is Nc1ncccc1-c1nc2cc(-c3ccc(C(=O)O)o3)cnc2n1-c1ccc(CNC(=O)c2ccccc2)cc1. The van der Waals surface area contributed by atoms with Crippen LogP contribution in [0, 0.1) is 0 Å². The summed E-state index contributed by atoms with van der Waals surface area (Å²) in [4.78, 5) is 37.4. The number of furan rings is 1. The quantitative estimate of drug-likeness (QED) is 0.262. The fourth-order valence-corrected chi connectivity index (χ4v) is 4.38. The molecule has 6 rings (SSSR count). The summed E-state index contributed by atoms with van der Waals surface area (Å²) in [6.07, 6.45) is 3.21. The molecule has 4 aromatic heterocycles. The van der Waals surface area contributed by atoms with Crippen LogP contribution in [-0.2, 0) is 6.54 Å². The Balaban J connectivity index is 1.37. The lowest BCUT2D eigenvalue weighted by Gasteiger charge is -2.11. The van der Waals surface area contributed by atoms with Crippen LogP contribution >= 0.6 is 0 Å². The van der Waals surface area contributed by atoms with Crippen molar-refractivity contribution >= 4 is 28.9 Å². The number of benzene rings is 2.